The number of halogens is 4. The summed E-state index contributed by atoms with van der Waals surface area (Å²) in [5, 5.41) is 19.2. The number of phenolic OH excluding ortho intramolecular Hbond substituents is 1. The highest BCUT2D eigenvalue weighted by atomic mass is 19.2. The molecule has 28 heavy (non-hydrogen) atoms. The molecule has 2 atom stereocenters. The van der Waals surface area contributed by atoms with Crippen LogP contribution >= 0.6 is 0 Å². The summed E-state index contributed by atoms with van der Waals surface area (Å²) in [5.74, 6) is -5.45. The molecule has 0 saturated heterocycles. The molecule has 0 fully saturated rings. The van der Waals surface area contributed by atoms with Crippen molar-refractivity contribution in [3.05, 3.63) is 70.3 Å². The first-order chi connectivity index (χ1) is 13.3. The van der Waals surface area contributed by atoms with Gasteiger partial charge >= 0.3 is 0 Å². The maximum atomic E-state index is 14.6. The summed E-state index contributed by atoms with van der Waals surface area (Å²) in [6.07, 6.45) is 2.80. The molecule has 0 aliphatic heterocycles. The molecule has 2 unspecified atom stereocenters. The summed E-state index contributed by atoms with van der Waals surface area (Å²) in [6.45, 7) is 1.85. The number of hydrogen-bond acceptors (Lipinski definition) is 2. The van der Waals surface area contributed by atoms with Crippen LogP contribution < -0.4 is 0 Å². The van der Waals surface area contributed by atoms with E-state index in [0.717, 1.165) is 6.07 Å². The Hall–Kier alpha value is -2.34. The Kier molecular flexibility index (Phi) is 6.08. The Morgan fingerprint density at radius 2 is 1.75 bits per heavy atom. The molecule has 6 heteroatoms. The van der Waals surface area contributed by atoms with Gasteiger partial charge in [0.2, 0.25) is 5.82 Å². The van der Waals surface area contributed by atoms with E-state index in [1.807, 2.05) is 6.92 Å². The molecule has 0 saturated carbocycles. The van der Waals surface area contributed by atoms with Gasteiger partial charge in [-0.1, -0.05) is 37.6 Å². The van der Waals surface area contributed by atoms with Crippen molar-refractivity contribution in [2.75, 3.05) is 0 Å². The van der Waals surface area contributed by atoms with Crippen LogP contribution in [0.2, 0.25) is 0 Å². The van der Waals surface area contributed by atoms with Crippen LogP contribution in [0.15, 0.2) is 30.3 Å². The topological polar surface area (TPSA) is 40.5 Å². The summed E-state index contributed by atoms with van der Waals surface area (Å²) >= 11 is 0. The van der Waals surface area contributed by atoms with Crippen molar-refractivity contribution in [2.24, 2.45) is 0 Å². The van der Waals surface area contributed by atoms with E-state index in [1.165, 1.54) is 18.2 Å². The van der Waals surface area contributed by atoms with Gasteiger partial charge in [-0.05, 0) is 48.8 Å². The second-order valence-electron chi connectivity index (χ2n) is 7.14. The Morgan fingerprint density at radius 3 is 2.39 bits per heavy atom. The van der Waals surface area contributed by atoms with E-state index in [-0.39, 0.29) is 22.6 Å². The molecule has 1 aliphatic rings. The van der Waals surface area contributed by atoms with Crippen LogP contribution in [-0.2, 0) is 0 Å². The number of hydrogen-bond donors (Lipinski definition) is 2. The Bertz CT molecular complexity index is 908. The molecule has 0 radical (unpaired) electrons. The maximum Gasteiger partial charge on any atom is 0.200 e. The second kappa shape index (κ2) is 8.35. The largest absolute Gasteiger partial charge is 0.505 e. The quantitative estimate of drug-likeness (QED) is 0.599. The lowest BCUT2D eigenvalue weighted by Gasteiger charge is -2.24. The van der Waals surface area contributed by atoms with E-state index in [4.69, 9.17) is 0 Å². The Morgan fingerprint density at radius 1 is 1.00 bits per heavy atom. The molecule has 2 N–H and O–H groups in total. The van der Waals surface area contributed by atoms with Crippen molar-refractivity contribution in [1.82, 2.24) is 0 Å². The molecule has 0 amide bonds. The molecule has 0 bridgehead atoms. The predicted octanol–water partition coefficient (Wildman–Crippen LogP) is 6.13. The SMILES string of the molecule is CCCC(O)c1ccc(C2=CCC(c3ccc(O)c(F)c3F)CC2)c(F)c1F. The molecule has 1 aliphatic carbocycles. The average molecular weight is 394 g/mol. The molecule has 0 heterocycles. The number of phenols is 1. The van der Waals surface area contributed by atoms with Crippen molar-refractivity contribution in [1.29, 1.82) is 0 Å². The minimum absolute atomic E-state index is 0.0565. The number of allylic oxidation sites excluding steroid dienone is 2. The van der Waals surface area contributed by atoms with Gasteiger partial charge in [0.1, 0.15) is 0 Å². The monoisotopic (exact) mass is 394 g/mol. The number of aliphatic hydroxyl groups excluding tert-OH is 1. The fourth-order valence-electron chi connectivity index (χ4n) is 3.73. The smallest absolute Gasteiger partial charge is 0.200 e. The molecule has 0 spiro atoms. The van der Waals surface area contributed by atoms with Gasteiger partial charge in [-0.2, -0.15) is 4.39 Å². The van der Waals surface area contributed by atoms with Gasteiger partial charge in [-0.3, -0.25) is 0 Å². The first-order valence-electron chi connectivity index (χ1n) is 9.37. The van der Waals surface area contributed by atoms with Gasteiger partial charge in [0, 0.05) is 11.1 Å². The molecule has 2 aromatic rings. The van der Waals surface area contributed by atoms with E-state index in [1.54, 1.807) is 6.08 Å². The third-order valence-corrected chi connectivity index (χ3v) is 5.32. The van der Waals surface area contributed by atoms with Crippen LogP contribution in [0.25, 0.3) is 5.57 Å². The van der Waals surface area contributed by atoms with Crippen molar-refractivity contribution < 1.29 is 27.8 Å². The van der Waals surface area contributed by atoms with Gasteiger partial charge in [0.05, 0.1) is 6.10 Å². The second-order valence-corrected chi connectivity index (χ2v) is 7.14. The zero-order chi connectivity index (χ0) is 20.4. The summed E-state index contributed by atoms with van der Waals surface area (Å²) in [5.41, 5.74) is 0.832. The highest BCUT2D eigenvalue weighted by Gasteiger charge is 2.25. The van der Waals surface area contributed by atoms with Crippen LogP contribution in [0.1, 0.15) is 67.7 Å². The van der Waals surface area contributed by atoms with Crippen LogP contribution in [-0.4, -0.2) is 10.2 Å². The lowest BCUT2D eigenvalue weighted by molar-refractivity contribution is 0.160. The Labute approximate surface area is 161 Å². The van der Waals surface area contributed by atoms with E-state index in [0.29, 0.717) is 37.7 Å². The van der Waals surface area contributed by atoms with Gasteiger partial charge in [0.25, 0.3) is 0 Å². The van der Waals surface area contributed by atoms with Gasteiger partial charge < -0.3 is 10.2 Å². The number of rotatable bonds is 5. The third-order valence-electron chi connectivity index (χ3n) is 5.32. The zero-order valence-corrected chi connectivity index (χ0v) is 15.5. The molecule has 2 nitrogen and oxygen atoms in total. The minimum atomic E-state index is -1.28. The lowest BCUT2D eigenvalue weighted by atomic mass is 9.82. The number of aromatic hydroxyl groups is 1. The van der Waals surface area contributed by atoms with E-state index in [9.17, 15) is 27.8 Å². The summed E-state index contributed by atoms with van der Waals surface area (Å²) in [6, 6.07) is 5.32. The van der Waals surface area contributed by atoms with Crippen LogP contribution in [0.5, 0.6) is 5.75 Å². The van der Waals surface area contributed by atoms with Crippen molar-refractivity contribution >= 4 is 5.57 Å². The molecular weight excluding hydrogens is 372 g/mol. The molecule has 3 rings (SSSR count). The fourth-order valence-corrected chi connectivity index (χ4v) is 3.73. The molecular formula is C22H22F4O2. The van der Waals surface area contributed by atoms with Gasteiger partial charge in [-0.25, -0.2) is 13.2 Å². The summed E-state index contributed by atoms with van der Waals surface area (Å²) in [7, 11) is 0. The van der Waals surface area contributed by atoms with Crippen LogP contribution in [0.3, 0.4) is 0 Å². The van der Waals surface area contributed by atoms with Crippen molar-refractivity contribution in [3.63, 3.8) is 0 Å². The first kappa shape index (κ1) is 20.4. The van der Waals surface area contributed by atoms with Crippen LogP contribution in [0, 0.1) is 23.3 Å². The van der Waals surface area contributed by atoms with E-state index < -0.39 is 35.1 Å². The normalized spacial score (nSPS) is 18.1. The fraction of sp³-hybridized carbons (Fsp3) is 0.364. The predicted molar refractivity (Wildman–Crippen MR) is 98.8 cm³/mol. The zero-order valence-electron chi connectivity index (χ0n) is 15.5. The highest BCUT2D eigenvalue weighted by molar-refractivity contribution is 5.67. The highest BCUT2D eigenvalue weighted by Crippen LogP contribution is 2.39. The average Bonchev–Trinajstić information content (AvgIpc) is 2.69. The summed E-state index contributed by atoms with van der Waals surface area (Å²) < 4.78 is 56.6. The van der Waals surface area contributed by atoms with Gasteiger partial charge in [-0.15, -0.1) is 0 Å². The molecule has 2 aromatic carbocycles. The van der Waals surface area contributed by atoms with E-state index >= 15 is 0 Å². The number of aliphatic hydroxyl groups is 1. The first-order valence-corrected chi connectivity index (χ1v) is 9.37. The van der Waals surface area contributed by atoms with Crippen LogP contribution in [0.4, 0.5) is 17.6 Å². The molecule has 0 aromatic heterocycles. The Balaban J connectivity index is 1.84. The molecule has 150 valence electrons. The van der Waals surface area contributed by atoms with E-state index in [2.05, 4.69) is 0 Å². The summed E-state index contributed by atoms with van der Waals surface area (Å²) in [4.78, 5) is 0. The van der Waals surface area contributed by atoms with Crippen molar-refractivity contribution in [3.8, 4) is 5.75 Å². The lowest BCUT2D eigenvalue weighted by Crippen LogP contribution is -2.09. The maximum absolute atomic E-state index is 14.6. The van der Waals surface area contributed by atoms with Gasteiger partial charge in [0.15, 0.2) is 23.2 Å². The minimum Gasteiger partial charge on any atom is -0.505 e. The van der Waals surface area contributed by atoms with Crippen molar-refractivity contribution in [2.45, 2.75) is 51.0 Å². The standard InChI is InChI=1S/C22H22F4O2/c1-2-3-17(27)16-9-8-14(19(23)21(16)25)12-4-6-13(7-5-12)15-10-11-18(28)22(26)20(15)24/h4,8-11,13,17,27-28H,2-3,5-7H2,1H3. The number of benzene rings is 2. The third kappa shape index (κ3) is 3.78.